The molecule has 4 heterocycles. The monoisotopic (exact) mass is 384 g/mol. The summed E-state index contributed by atoms with van der Waals surface area (Å²) in [5, 5.41) is 6.67. The normalized spacial score (nSPS) is 12.6. The number of imidazole rings is 1. The minimum absolute atomic E-state index is 0.533. The molecule has 7 nitrogen and oxygen atoms in total. The number of pyridine rings is 3. The lowest BCUT2D eigenvalue weighted by Gasteiger charge is -2.09. The highest BCUT2D eigenvalue weighted by molar-refractivity contribution is 8.27. The molecule has 2 N–H and O–H groups in total. The van der Waals surface area contributed by atoms with Crippen LogP contribution in [0.25, 0.3) is 22.1 Å². The number of aryl methyl sites for hydroxylation is 1. The Morgan fingerprint density at radius 3 is 2.69 bits per heavy atom. The molecule has 0 aromatic carbocycles. The van der Waals surface area contributed by atoms with Gasteiger partial charge in [0.1, 0.15) is 11.3 Å². The highest BCUT2D eigenvalue weighted by Gasteiger charge is 2.14. The van der Waals surface area contributed by atoms with Crippen LogP contribution in [0, 0.1) is 6.92 Å². The Morgan fingerprint density at radius 2 is 2.00 bits per heavy atom. The van der Waals surface area contributed by atoms with Crippen LogP contribution >= 0.6 is 0 Å². The van der Waals surface area contributed by atoms with E-state index in [0.717, 1.165) is 32.8 Å². The van der Waals surface area contributed by atoms with Crippen molar-refractivity contribution < 1.29 is 4.74 Å². The molecular formula is C17H16N6OS2. The highest BCUT2D eigenvalue weighted by atomic mass is 32.8. The van der Waals surface area contributed by atoms with E-state index in [9.17, 15) is 0 Å². The van der Waals surface area contributed by atoms with Crippen molar-refractivity contribution in [2.24, 2.45) is 5.14 Å². The third kappa shape index (κ3) is 2.94. The van der Waals surface area contributed by atoms with Crippen LogP contribution in [0.4, 0.5) is 0 Å². The van der Waals surface area contributed by atoms with E-state index < -0.39 is 9.64 Å². The first-order valence-corrected chi connectivity index (χ1v) is 10.1. The van der Waals surface area contributed by atoms with E-state index in [-0.39, 0.29) is 0 Å². The second kappa shape index (κ2) is 6.67. The van der Waals surface area contributed by atoms with Crippen molar-refractivity contribution in [1.82, 2.24) is 24.5 Å². The van der Waals surface area contributed by atoms with Crippen molar-refractivity contribution in [1.29, 1.82) is 0 Å². The Hall–Kier alpha value is -2.49. The fourth-order valence-corrected chi connectivity index (χ4v) is 3.54. The first kappa shape index (κ1) is 17.0. The van der Waals surface area contributed by atoms with Crippen LogP contribution in [0.1, 0.15) is 11.5 Å². The van der Waals surface area contributed by atoms with E-state index in [1.165, 1.54) is 0 Å². The van der Waals surface area contributed by atoms with Gasteiger partial charge in [-0.05, 0) is 46.0 Å². The number of hydrogen-bond acceptors (Lipinski definition) is 6. The maximum Gasteiger partial charge on any atom is 0.215 e. The third-order valence-electron chi connectivity index (χ3n) is 4.16. The summed E-state index contributed by atoms with van der Waals surface area (Å²) in [4.78, 5) is 18.8. The first-order valence-electron chi connectivity index (χ1n) is 7.84. The number of fused-ring (bicyclic) bond motifs is 3. The van der Waals surface area contributed by atoms with E-state index in [4.69, 9.17) is 21.1 Å². The van der Waals surface area contributed by atoms with Gasteiger partial charge in [-0.25, -0.2) is 9.97 Å². The highest BCUT2D eigenvalue weighted by Crippen LogP contribution is 2.26. The fraction of sp³-hybridized carbons (Fsp3) is 0.176. The van der Waals surface area contributed by atoms with E-state index in [1.54, 1.807) is 19.5 Å². The van der Waals surface area contributed by atoms with Gasteiger partial charge in [0.05, 0.1) is 31.1 Å². The summed E-state index contributed by atoms with van der Waals surface area (Å²) in [5.74, 6) is 1.42. The summed E-state index contributed by atoms with van der Waals surface area (Å²) in [6.07, 6.45) is 3.48. The van der Waals surface area contributed by atoms with Gasteiger partial charge in [-0.2, -0.15) is 4.98 Å². The molecule has 0 aliphatic carbocycles. The zero-order valence-corrected chi connectivity index (χ0v) is 15.8. The first-order chi connectivity index (χ1) is 12.6. The molecule has 0 saturated carbocycles. The summed E-state index contributed by atoms with van der Waals surface area (Å²) in [6, 6.07) is 7.67. The topological polar surface area (TPSA) is 91.7 Å². The average Bonchev–Trinajstić information content (AvgIpc) is 2.97. The van der Waals surface area contributed by atoms with Crippen LogP contribution in [0.15, 0.2) is 41.6 Å². The van der Waals surface area contributed by atoms with Gasteiger partial charge in [-0.3, -0.25) is 10.1 Å². The molecule has 4 rings (SSSR count). The smallest absolute Gasteiger partial charge is 0.215 e. The summed E-state index contributed by atoms with van der Waals surface area (Å²) in [5.41, 5.74) is 3.34. The van der Waals surface area contributed by atoms with E-state index in [0.29, 0.717) is 18.1 Å². The van der Waals surface area contributed by atoms with E-state index in [2.05, 4.69) is 24.5 Å². The van der Waals surface area contributed by atoms with Crippen molar-refractivity contribution in [3.63, 3.8) is 0 Å². The standard InChI is InChI=1S/C17H16N6OS2/c1-10-21-14-8-20-17-13(5-6-15(22-17)24-2)16(14)23(10)9-11-3-4-12(7-19-11)26(18)25/h3-8H,9,18H2,1-2H3. The fourth-order valence-electron chi connectivity index (χ4n) is 2.89. The molecule has 132 valence electrons. The van der Waals surface area contributed by atoms with Crippen molar-refractivity contribution in [3.8, 4) is 5.88 Å². The van der Waals surface area contributed by atoms with Crippen LogP contribution in [0.3, 0.4) is 0 Å². The molecule has 0 aliphatic rings. The predicted octanol–water partition coefficient (Wildman–Crippen LogP) is 2.05. The molecule has 4 aromatic rings. The lowest BCUT2D eigenvalue weighted by atomic mass is 10.2. The number of ether oxygens (including phenoxy) is 1. The molecule has 0 spiro atoms. The zero-order chi connectivity index (χ0) is 18.3. The van der Waals surface area contributed by atoms with Gasteiger partial charge in [0, 0.05) is 22.5 Å². The molecule has 0 aliphatic heterocycles. The van der Waals surface area contributed by atoms with Crippen LogP contribution in [0.2, 0.25) is 0 Å². The van der Waals surface area contributed by atoms with Crippen molar-refractivity contribution in [2.45, 2.75) is 18.4 Å². The Labute approximate surface area is 157 Å². The molecule has 0 bridgehead atoms. The number of nitrogens with two attached hydrogens (primary N) is 1. The van der Waals surface area contributed by atoms with Gasteiger partial charge in [-0.15, -0.1) is 0 Å². The second-order valence-electron chi connectivity index (χ2n) is 5.74. The Bertz CT molecular complexity index is 1140. The molecule has 1 atom stereocenters. The summed E-state index contributed by atoms with van der Waals surface area (Å²) < 4.78 is 7.31. The maximum absolute atomic E-state index is 5.75. The van der Waals surface area contributed by atoms with Gasteiger partial charge in [0.15, 0.2) is 5.65 Å². The SMILES string of the molecule is COc1ccc2c(ncc3nc(C)n(Cc4ccc(S(N)=S)cn4)c32)n1. The molecule has 4 aromatic heterocycles. The van der Waals surface area contributed by atoms with Crippen LogP contribution in [-0.4, -0.2) is 31.6 Å². The summed E-state index contributed by atoms with van der Waals surface area (Å²) in [7, 11) is 0.888. The van der Waals surface area contributed by atoms with Gasteiger partial charge >= 0.3 is 0 Å². The molecule has 1 unspecified atom stereocenters. The predicted molar refractivity (Wildman–Crippen MR) is 105 cm³/mol. The Morgan fingerprint density at radius 1 is 1.15 bits per heavy atom. The number of rotatable bonds is 4. The molecule has 26 heavy (non-hydrogen) atoms. The molecule has 0 radical (unpaired) electrons. The molecule has 9 heteroatoms. The van der Waals surface area contributed by atoms with Gasteiger partial charge in [0.25, 0.3) is 0 Å². The lowest BCUT2D eigenvalue weighted by molar-refractivity contribution is 0.399. The number of aromatic nitrogens is 5. The number of methoxy groups -OCH3 is 1. The maximum atomic E-state index is 5.75. The quantitative estimate of drug-likeness (QED) is 0.576. The van der Waals surface area contributed by atoms with Crippen molar-refractivity contribution >= 4 is 42.9 Å². The molecular weight excluding hydrogens is 368 g/mol. The minimum atomic E-state index is -0.701. The van der Waals surface area contributed by atoms with Gasteiger partial charge in [0.2, 0.25) is 5.88 Å². The van der Waals surface area contributed by atoms with Gasteiger partial charge < -0.3 is 9.30 Å². The average molecular weight is 384 g/mol. The van der Waals surface area contributed by atoms with Crippen LogP contribution < -0.4 is 9.88 Å². The van der Waals surface area contributed by atoms with Crippen LogP contribution in [-0.2, 0) is 27.4 Å². The van der Waals surface area contributed by atoms with Crippen molar-refractivity contribution in [3.05, 3.63) is 48.2 Å². The summed E-state index contributed by atoms with van der Waals surface area (Å²) >= 11 is 5.09. The Balaban J connectivity index is 1.84. The minimum Gasteiger partial charge on any atom is -0.481 e. The Kier molecular flexibility index (Phi) is 4.35. The van der Waals surface area contributed by atoms with Gasteiger partial charge in [-0.1, -0.05) is 0 Å². The number of hydrogen-bond donors (Lipinski definition) is 1. The third-order valence-corrected chi connectivity index (χ3v) is 5.44. The second-order valence-corrected chi connectivity index (χ2v) is 7.89. The molecule has 0 amide bonds. The largest absolute Gasteiger partial charge is 0.481 e. The molecule has 0 fully saturated rings. The number of nitrogens with zero attached hydrogens (tertiary/aromatic N) is 5. The zero-order valence-electron chi connectivity index (χ0n) is 14.2. The molecule has 0 saturated heterocycles. The van der Waals surface area contributed by atoms with E-state index in [1.807, 2.05) is 31.2 Å². The lowest BCUT2D eigenvalue weighted by Crippen LogP contribution is -2.06. The van der Waals surface area contributed by atoms with E-state index >= 15 is 0 Å². The summed E-state index contributed by atoms with van der Waals surface area (Å²) in [6.45, 7) is 2.56. The van der Waals surface area contributed by atoms with Crippen molar-refractivity contribution in [2.75, 3.05) is 7.11 Å². The van der Waals surface area contributed by atoms with Crippen LogP contribution in [0.5, 0.6) is 5.88 Å².